The van der Waals surface area contributed by atoms with Crippen LogP contribution in [-0.4, -0.2) is 22.2 Å². The van der Waals surface area contributed by atoms with Crippen molar-refractivity contribution in [2.75, 3.05) is 11.4 Å². The highest BCUT2D eigenvalue weighted by atomic mass is 19.4. The molecule has 4 nitrogen and oxygen atoms in total. The van der Waals surface area contributed by atoms with Crippen molar-refractivity contribution in [1.82, 2.24) is 9.78 Å². The van der Waals surface area contributed by atoms with Gasteiger partial charge >= 0.3 is 6.18 Å². The monoisotopic (exact) mass is 365 g/mol. The van der Waals surface area contributed by atoms with Gasteiger partial charge in [-0.05, 0) is 36.3 Å². The molecule has 1 aliphatic carbocycles. The van der Waals surface area contributed by atoms with Crippen molar-refractivity contribution < 1.29 is 18.0 Å². The first kappa shape index (κ1) is 18.5. The van der Waals surface area contributed by atoms with Crippen LogP contribution in [0.3, 0.4) is 0 Å². The van der Waals surface area contributed by atoms with E-state index in [1.54, 1.807) is 6.07 Å². The predicted molar refractivity (Wildman–Crippen MR) is 93.1 cm³/mol. The third kappa shape index (κ3) is 3.76. The van der Waals surface area contributed by atoms with Gasteiger partial charge in [-0.3, -0.25) is 9.48 Å². The molecule has 1 aromatic carbocycles. The lowest BCUT2D eigenvalue weighted by molar-refractivity contribution is -0.141. The van der Waals surface area contributed by atoms with Crippen LogP contribution in [0.1, 0.15) is 54.2 Å². The highest BCUT2D eigenvalue weighted by Crippen LogP contribution is 2.37. The molecule has 0 atom stereocenters. The fourth-order valence-electron chi connectivity index (χ4n) is 3.07. The van der Waals surface area contributed by atoms with E-state index in [0.29, 0.717) is 18.2 Å². The fraction of sp³-hybridized carbons (Fsp3) is 0.474. The van der Waals surface area contributed by atoms with Crippen molar-refractivity contribution in [2.24, 2.45) is 13.0 Å². The van der Waals surface area contributed by atoms with Gasteiger partial charge in [-0.1, -0.05) is 32.0 Å². The normalized spacial score (nSPS) is 14.7. The van der Waals surface area contributed by atoms with Crippen LogP contribution in [0.15, 0.2) is 30.5 Å². The van der Waals surface area contributed by atoms with E-state index in [9.17, 15) is 18.0 Å². The van der Waals surface area contributed by atoms with Gasteiger partial charge < -0.3 is 4.90 Å². The molecular formula is C19H22F3N3O. The van der Waals surface area contributed by atoms with E-state index in [1.165, 1.54) is 11.9 Å². The molecule has 2 aromatic rings. The van der Waals surface area contributed by atoms with Crippen molar-refractivity contribution >= 4 is 11.6 Å². The highest BCUT2D eigenvalue weighted by Gasteiger charge is 2.41. The molecule has 1 aromatic heterocycles. The molecule has 0 spiro atoms. The number of anilines is 1. The number of aromatic nitrogens is 2. The molecule has 1 aliphatic rings. The zero-order chi connectivity index (χ0) is 19.1. The Morgan fingerprint density at radius 1 is 1.31 bits per heavy atom. The van der Waals surface area contributed by atoms with Crippen LogP contribution in [0.25, 0.3) is 0 Å². The summed E-state index contributed by atoms with van der Waals surface area (Å²) in [5, 5.41) is 3.48. The maximum Gasteiger partial charge on any atom is 0.435 e. The first-order chi connectivity index (χ1) is 12.2. The number of nitrogens with zero attached hydrogens (tertiary/aromatic N) is 3. The zero-order valence-corrected chi connectivity index (χ0v) is 15.0. The summed E-state index contributed by atoms with van der Waals surface area (Å²) in [5.74, 6) is -0.160. The lowest BCUT2D eigenvalue weighted by atomic mass is 9.99. The molecule has 3 rings (SSSR count). The molecule has 0 radical (unpaired) electrons. The number of aryl methyl sites for hydroxylation is 1. The van der Waals surface area contributed by atoms with Crippen LogP contribution in [0.4, 0.5) is 18.9 Å². The molecule has 0 bridgehead atoms. The summed E-state index contributed by atoms with van der Waals surface area (Å²) in [4.78, 5) is 14.6. The second kappa shape index (κ2) is 6.78. The van der Waals surface area contributed by atoms with Gasteiger partial charge in [-0.15, -0.1) is 0 Å². The summed E-state index contributed by atoms with van der Waals surface area (Å²) < 4.78 is 41.0. The summed E-state index contributed by atoms with van der Waals surface area (Å²) >= 11 is 0. The summed E-state index contributed by atoms with van der Waals surface area (Å²) in [5.41, 5.74) is 0.0855. The summed E-state index contributed by atoms with van der Waals surface area (Å²) in [7, 11) is 1.39. The number of alkyl halides is 3. The van der Waals surface area contributed by atoms with E-state index in [-0.39, 0.29) is 5.92 Å². The number of amides is 1. The van der Waals surface area contributed by atoms with Gasteiger partial charge in [0, 0.05) is 25.5 Å². The van der Waals surface area contributed by atoms with Crippen LogP contribution in [0, 0.1) is 5.92 Å². The van der Waals surface area contributed by atoms with E-state index >= 15 is 0 Å². The van der Waals surface area contributed by atoms with E-state index < -0.39 is 23.3 Å². The standard InChI is InChI=1S/C19H22F3N3O/c1-12(2)14-6-4-5-7-16(14)25(10-13-8-9-13)18(26)15-11-24(3)23-17(15)19(20,21)22/h4-7,11-13H,8-10H2,1-3H3. The number of rotatable bonds is 5. The Bertz CT molecular complexity index is 807. The van der Waals surface area contributed by atoms with Crippen molar-refractivity contribution in [3.05, 3.63) is 47.3 Å². The fourth-order valence-corrected chi connectivity index (χ4v) is 3.07. The van der Waals surface area contributed by atoms with Gasteiger partial charge in [0.15, 0.2) is 5.69 Å². The molecule has 26 heavy (non-hydrogen) atoms. The molecular weight excluding hydrogens is 343 g/mol. The molecule has 0 aliphatic heterocycles. The minimum absolute atomic E-state index is 0.150. The quantitative estimate of drug-likeness (QED) is 0.775. The number of benzene rings is 1. The maximum absolute atomic E-state index is 13.3. The van der Waals surface area contributed by atoms with Gasteiger partial charge in [-0.2, -0.15) is 18.3 Å². The smallest absolute Gasteiger partial charge is 0.308 e. The molecule has 140 valence electrons. The van der Waals surface area contributed by atoms with Crippen molar-refractivity contribution in [3.8, 4) is 0 Å². The number of hydrogen-bond acceptors (Lipinski definition) is 2. The lowest BCUT2D eigenvalue weighted by Crippen LogP contribution is -2.35. The SMILES string of the molecule is CC(C)c1ccccc1N(CC1CC1)C(=O)c1cn(C)nc1C(F)(F)F. The number of hydrogen-bond donors (Lipinski definition) is 0. The molecule has 7 heteroatoms. The Balaban J connectivity index is 2.06. The van der Waals surface area contributed by atoms with Crippen LogP contribution < -0.4 is 4.90 Å². The average Bonchev–Trinajstić information content (AvgIpc) is 3.30. The van der Waals surface area contributed by atoms with Gasteiger partial charge in [-0.25, -0.2) is 0 Å². The molecule has 0 N–H and O–H groups in total. The topological polar surface area (TPSA) is 38.1 Å². The largest absolute Gasteiger partial charge is 0.435 e. The number of halogens is 3. The van der Waals surface area contributed by atoms with Gasteiger partial charge in [0.25, 0.3) is 5.91 Å². The molecule has 1 amide bonds. The molecule has 1 saturated carbocycles. The minimum atomic E-state index is -4.67. The van der Waals surface area contributed by atoms with Crippen molar-refractivity contribution in [1.29, 1.82) is 0 Å². The molecule has 1 fully saturated rings. The Hall–Kier alpha value is -2.31. The Morgan fingerprint density at radius 2 is 1.96 bits per heavy atom. The Kier molecular flexibility index (Phi) is 4.82. The number of carbonyl (C=O) groups excluding carboxylic acids is 1. The number of carbonyl (C=O) groups is 1. The third-order valence-corrected chi connectivity index (χ3v) is 4.56. The molecule has 1 heterocycles. The van der Waals surface area contributed by atoms with E-state index in [0.717, 1.165) is 29.3 Å². The maximum atomic E-state index is 13.3. The third-order valence-electron chi connectivity index (χ3n) is 4.56. The number of para-hydroxylation sites is 1. The molecule has 0 unspecified atom stereocenters. The van der Waals surface area contributed by atoms with Crippen LogP contribution in [-0.2, 0) is 13.2 Å². The van der Waals surface area contributed by atoms with Gasteiger partial charge in [0.05, 0.1) is 5.56 Å². The zero-order valence-electron chi connectivity index (χ0n) is 15.0. The second-order valence-electron chi connectivity index (χ2n) is 7.14. The van der Waals surface area contributed by atoms with Crippen LogP contribution in [0.2, 0.25) is 0 Å². The summed E-state index contributed by atoms with van der Waals surface area (Å²) in [6, 6.07) is 7.41. The first-order valence-electron chi connectivity index (χ1n) is 8.70. The van der Waals surface area contributed by atoms with Gasteiger partial charge in [0.2, 0.25) is 0 Å². The Morgan fingerprint density at radius 3 is 2.54 bits per heavy atom. The van der Waals surface area contributed by atoms with Crippen molar-refractivity contribution in [3.63, 3.8) is 0 Å². The van der Waals surface area contributed by atoms with Gasteiger partial charge in [0.1, 0.15) is 0 Å². The molecule has 0 saturated heterocycles. The first-order valence-corrected chi connectivity index (χ1v) is 8.70. The minimum Gasteiger partial charge on any atom is -0.308 e. The second-order valence-corrected chi connectivity index (χ2v) is 7.14. The van der Waals surface area contributed by atoms with E-state index in [1.807, 2.05) is 32.0 Å². The van der Waals surface area contributed by atoms with E-state index in [4.69, 9.17) is 0 Å². The van der Waals surface area contributed by atoms with E-state index in [2.05, 4.69) is 5.10 Å². The lowest BCUT2D eigenvalue weighted by Gasteiger charge is -2.26. The van der Waals surface area contributed by atoms with Crippen molar-refractivity contribution in [2.45, 2.75) is 38.8 Å². The summed E-state index contributed by atoms with van der Waals surface area (Å²) in [6.45, 7) is 4.43. The summed E-state index contributed by atoms with van der Waals surface area (Å²) in [6.07, 6.45) is -1.53. The van der Waals surface area contributed by atoms with Crippen LogP contribution in [0.5, 0.6) is 0 Å². The predicted octanol–water partition coefficient (Wildman–Crippen LogP) is 4.62. The van der Waals surface area contributed by atoms with Crippen LogP contribution >= 0.6 is 0 Å². The highest BCUT2D eigenvalue weighted by molar-refractivity contribution is 6.07. The average molecular weight is 365 g/mol. The Labute approximate surface area is 150 Å².